The third kappa shape index (κ3) is 2.65. The van der Waals surface area contributed by atoms with Gasteiger partial charge in [-0.05, 0) is 6.07 Å². The van der Waals surface area contributed by atoms with E-state index in [0.29, 0.717) is 11.3 Å². The van der Waals surface area contributed by atoms with Gasteiger partial charge < -0.3 is 14.7 Å². The molecular formula is C10H14FNO3. The summed E-state index contributed by atoms with van der Waals surface area (Å²) >= 11 is 0. The van der Waals surface area contributed by atoms with Crippen molar-refractivity contribution in [3.63, 3.8) is 0 Å². The molecule has 1 aromatic rings. The number of hydrogen-bond acceptors (Lipinski definition) is 4. The molecule has 0 fully saturated rings. The van der Waals surface area contributed by atoms with E-state index in [4.69, 9.17) is 14.7 Å². The van der Waals surface area contributed by atoms with Gasteiger partial charge in [-0.25, -0.2) is 9.87 Å². The highest BCUT2D eigenvalue weighted by Gasteiger charge is 2.13. The first kappa shape index (κ1) is 11.9. The van der Waals surface area contributed by atoms with Gasteiger partial charge in [0.05, 0.1) is 20.3 Å². The van der Waals surface area contributed by atoms with E-state index in [-0.39, 0.29) is 18.7 Å². The fourth-order valence-corrected chi connectivity index (χ4v) is 1.35. The van der Waals surface area contributed by atoms with E-state index >= 15 is 0 Å². The van der Waals surface area contributed by atoms with Gasteiger partial charge in [-0.2, -0.15) is 0 Å². The molecule has 0 spiro atoms. The van der Waals surface area contributed by atoms with Crippen LogP contribution in [0.5, 0.6) is 5.75 Å². The summed E-state index contributed by atoms with van der Waals surface area (Å²) in [7, 11) is 2.94. The first-order chi connectivity index (χ1) is 7.24. The van der Waals surface area contributed by atoms with Crippen LogP contribution in [-0.2, 0) is 17.9 Å². The van der Waals surface area contributed by atoms with Crippen molar-refractivity contribution >= 4 is 0 Å². The van der Waals surface area contributed by atoms with E-state index in [9.17, 15) is 4.39 Å². The van der Waals surface area contributed by atoms with E-state index in [0.717, 1.165) is 0 Å². The van der Waals surface area contributed by atoms with E-state index in [1.54, 1.807) is 12.1 Å². The van der Waals surface area contributed by atoms with Crippen molar-refractivity contribution < 1.29 is 19.1 Å². The molecule has 15 heavy (non-hydrogen) atoms. The smallest absolute Gasteiger partial charge is 0.137 e. The molecule has 0 atom stereocenters. The topological polar surface area (TPSA) is 50.7 Å². The maximum Gasteiger partial charge on any atom is 0.137 e. The lowest BCUT2D eigenvalue weighted by atomic mass is 10.1. The predicted molar refractivity (Wildman–Crippen MR) is 52.3 cm³/mol. The predicted octanol–water partition coefficient (Wildman–Crippen LogP) is 1.46. The molecule has 0 aliphatic heterocycles. The molecule has 1 aromatic carbocycles. The quantitative estimate of drug-likeness (QED) is 0.730. The van der Waals surface area contributed by atoms with Crippen LogP contribution in [0.2, 0.25) is 0 Å². The Hall–Kier alpha value is -1.17. The summed E-state index contributed by atoms with van der Waals surface area (Å²) < 4.78 is 23.6. The summed E-state index contributed by atoms with van der Waals surface area (Å²) in [5.41, 5.74) is 2.63. The second-order valence-electron chi connectivity index (χ2n) is 2.99. The summed E-state index contributed by atoms with van der Waals surface area (Å²) in [6, 6.07) is 3.24. The molecule has 5 heteroatoms. The molecule has 0 aromatic heterocycles. The third-order valence-corrected chi connectivity index (χ3v) is 2.06. The van der Waals surface area contributed by atoms with Crippen LogP contribution in [0.25, 0.3) is 0 Å². The average molecular weight is 215 g/mol. The van der Waals surface area contributed by atoms with Crippen LogP contribution in [-0.4, -0.2) is 19.4 Å². The van der Waals surface area contributed by atoms with Crippen molar-refractivity contribution in [3.05, 3.63) is 29.1 Å². The van der Waals surface area contributed by atoms with Gasteiger partial charge in [0.15, 0.2) is 0 Å². The van der Waals surface area contributed by atoms with Crippen LogP contribution in [0, 0.1) is 5.82 Å². The lowest BCUT2D eigenvalue weighted by Gasteiger charge is -2.11. The molecule has 0 aliphatic rings. The van der Waals surface area contributed by atoms with E-state index in [1.807, 2.05) is 5.48 Å². The maximum atomic E-state index is 13.8. The number of nitrogens with one attached hydrogen (secondary N) is 1. The third-order valence-electron chi connectivity index (χ3n) is 2.06. The van der Waals surface area contributed by atoms with Crippen molar-refractivity contribution in [1.29, 1.82) is 0 Å². The van der Waals surface area contributed by atoms with Crippen molar-refractivity contribution in [3.8, 4) is 5.75 Å². The zero-order valence-electron chi connectivity index (χ0n) is 8.71. The second kappa shape index (κ2) is 5.65. The van der Waals surface area contributed by atoms with Crippen molar-refractivity contribution in [2.75, 3.05) is 14.2 Å². The van der Waals surface area contributed by atoms with Crippen LogP contribution in [0.15, 0.2) is 12.1 Å². The molecule has 0 saturated carbocycles. The highest BCUT2D eigenvalue weighted by Crippen LogP contribution is 2.24. The fourth-order valence-electron chi connectivity index (χ4n) is 1.35. The molecule has 0 aliphatic carbocycles. The number of hydroxylamine groups is 1. The normalized spacial score (nSPS) is 10.4. The van der Waals surface area contributed by atoms with Crippen LogP contribution in [0.4, 0.5) is 4.39 Å². The fraction of sp³-hybridized carbons (Fsp3) is 0.400. The van der Waals surface area contributed by atoms with Gasteiger partial charge >= 0.3 is 0 Å². The Morgan fingerprint density at radius 1 is 1.40 bits per heavy atom. The zero-order chi connectivity index (χ0) is 11.3. The molecule has 0 bridgehead atoms. The molecule has 4 nitrogen and oxygen atoms in total. The Labute approximate surface area is 87.6 Å². The van der Waals surface area contributed by atoms with Gasteiger partial charge in [0.2, 0.25) is 0 Å². The molecule has 1 rings (SSSR count). The highest BCUT2D eigenvalue weighted by molar-refractivity contribution is 5.38. The van der Waals surface area contributed by atoms with Crippen molar-refractivity contribution in [2.45, 2.75) is 13.2 Å². The van der Waals surface area contributed by atoms with Crippen LogP contribution >= 0.6 is 0 Å². The second-order valence-corrected chi connectivity index (χ2v) is 2.99. The summed E-state index contributed by atoms with van der Waals surface area (Å²) in [4.78, 5) is 0. The first-order valence-corrected chi connectivity index (χ1v) is 4.44. The van der Waals surface area contributed by atoms with Crippen LogP contribution in [0.3, 0.4) is 0 Å². The van der Waals surface area contributed by atoms with Crippen LogP contribution < -0.4 is 10.2 Å². The number of methoxy groups -OCH3 is 2. The molecular weight excluding hydrogens is 201 g/mol. The molecule has 0 radical (unpaired) electrons. The molecule has 0 saturated heterocycles. The minimum Gasteiger partial charge on any atom is -0.496 e. The standard InChI is InChI=1S/C10H14FNO3/c1-14-6-7-3-4-9(15-2)8(5-12-13)10(7)11/h3-4,12-13H,5-6H2,1-2H3. The Bertz CT molecular complexity index is 331. The Kier molecular flexibility index (Phi) is 4.48. The SMILES string of the molecule is COCc1ccc(OC)c(CNO)c1F. The minimum atomic E-state index is -0.419. The van der Waals surface area contributed by atoms with Gasteiger partial charge in [0.1, 0.15) is 11.6 Å². The number of ether oxygens (including phenoxy) is 2. The largest absolute Gasteiger partial charge is 0.496 e. The Morgan fingerprint density at radius 3 is 2.67 bits per heavy atom. The van der Waals surface area contributed by atoms with Crippen LogP contribution in [0.1, 0.15) is 11.1 Å². The minimum absolute atomic E-state index is 0.00738. The molecule has 0 amide bonds. The summed E-state index contributed by atoms with van der Waals surface area (Å²) in [5.74, 6) is -0.0216. The van der Waals surface area contributed by atoms with E-state index in [2.05, 4.69) is 0 Å². The average Bonchev–Trinajstić information content (AvgIpc) is 2.25. The van der Waals surface area contributed by atoms with Gasteiger partial charge in [0.25, 0.3) is 0 Å². The molecule has 2 N–H and O–H groups in total. The Morgan fingerprint density at radius 2 is 2.13 bits per heavy atom. The summed E-state index contributed by atoms with van der Waals surface area (Å²) in [6.07, 6.45) is 0. The van der Waals surface area contributed by atoms with Gasteiger partial charge in [0, 0.05) is 18.2 Å². The van der Waals surface area contributed by atoms with Gasteiger partial charge in [-0.3, -0.25) is 0 Å². The molecule has 0 unspecified atom stereocenters. The van der Waals surface area contributed by atoms with E-state index in [1.165, 1.54) is 14.2 Å². The van der Waals surface area contributed by atoms with E-state index < -0.39 is 5.82 Å². The molecule has 0 heterocycles. The zero-order valence-corrected chi connectivity index (χ0v) is 8.71. The first-order valence-electron chi connectivity index (χ1n) is 4.44. The lowest BCUT2D eigenvalue weighted by molar-refractivity contribution is 0.157. The van der Waals surface area contributed by atoms with Gasteiger partial charge in [-0.15, -0.1) is 0 Å². The van der Waals surface area contributed by atoms with Crippen molar-refractivity contribution in [2.24, 2.45) is 0 Å². The van der Waals surface area contributed by atoms with Gasteiger partial charge in [-0.1, -0.05) is 6.07 Å². The Balaban J connectivity index is 3.10. The number of rotatable bonds is 5. The highest BCUT2D eigenvalue weighted by atomic mass is 19.1. The molecule has 84 valence electrons. The van der Waals surface area contributed by atoms with Crippen molar-refractivity contribution in [1.82, 2.24) is 5.48 Å². The maximum absolute atomic E-state index is 13.8. The number of benzene rings is 1. The summed E-state index contributed by atoms with van der Waals surface area (Å²) in [5, 5.41) is 8.58. The number of halogens is 1. The number of hydrogen-bond donors (Lipinski definition) is 2. The lowest BCUT2D eigenvalue weighted by Crippen LogP contribution is -2.11. The monoisotopic (exact) mass is 215 g/mol. The summed E-state index contributed by atoms with van der Waals surface area (Å²) in [6.45, 7) is 0.181.